The van der Waals surface area contributed by atoms with Gasteiger partial charge in [0.05, 0.1) is 13.2 Å². The maximum absolute atomic E-state index is 12.7. The molecule has 0 spiro atoms. The Kier molecular flexibility index (Phi) is 11.3. The van der Waals surface area contributed by atoms with Gasteiger partial charge in [-0.25, -0.2) is 0 Å². The Hall–Kier alpha value is 0.850. The Morgan fingerprint density at radius 2 is 1.35 bits per heavy atom. The lowest BCUT2D eigenvalue weighted by atomic mass is 10.5. The van der Waals surface area contributed by atoms with Gasteiger partial charge in [0.1, 0.15) is 0 Å². The van der Waals surface area contributed by atoms with Crippen molar-refractivity contribution in [3.8, 4) is 0 Å². The summed E-state index contributed by atoms with van der Waals surface area (Å²) in [4.78, 5) is 0. The molecule has 0 radical (unpaired) electrons. The van der Waals surface area contributed by atoms with E-state index in [0.29, 0.717) is 13.2 Å². The van der Waals surface area contributed by atoms with Gasteiger partial charge < -0.3 is 9.05 Å². The first kappa shape index (κ1) is 17.8. The summed E-state index contributed by atoms with van der Waals surface area (Å²) in [5, 5.41) is 0. The second kappa shape index (κ2) is 10.7. The monoisotopic (exact) mass is 300 g/mol. The van der Waals surface area contributed by atoms with E-state index in [1.807, 2.05) is 13.8 Å². The Bertz CT molecular complexity index is 209. The molecular formula is C11H25O3PS2. The Morgan fingerprint density at radius 3 is 1.65 bits per heavy atom. The van der Waals surface area contributed by atoms with E-state index in [1.54, 1.807) is 23.5 Å². The third-order valence-corrected chi connectivity index (χ3v) is 7.93. The van der Waals surface area contributed by atoms with Crippen LogP contribution in [0.25, 0.3) is 0 Å². The molecule has 0 rings (SSSR count). The second-order valence-electron chi connectivity index (χ2n) is 3.42. The Labute approximate surface area is 114 Å². The van der Waals surface area contributed by atoms with Gasteiger partial charge in [0.25, 0.3) is 0 Å². The number of thioether (sulfide) groups is 2. The molecule has 0 aromatic rings. The van der Waals surface area contributed by atoms with Crippen LogP contribution < -0.4 is 0 Å². The van der Waals surface area contributed by atoms with Gasteiger partial charge in [-0.15, -0.1) is 23.5 Å². The van der Waals surface area contributed by atoms with Crippen molar-refractivity contribution in [2.24, 2.45) is 0 Å². The highest BCUT2D eigenvalue weighted by atomic mass is 32.2. The molecule has 0 N–H and O–H groups in total. The van der Waals surface area contributed by atoms with Gasteiger partial charge in [-0.2, -0.15) is 0 Å². The minimum absolute atomic E-state index is 0.0874. The van der Waals surface area contributed by atoms with E-state index in [1.165, 1.54) is 0 Å². The summed E-state index contributed by atoms with van der Waals surface area (Å²) in [7, 11) is -2.97. The first-order chi connectivity index (χ1) is 8.14. The van der Waals surface area contributed by atoms with Crippen LogP contribution >= 0.6 is 31.1 Å². The third-order valence-electron chi connectivity index (χ3n) is 1.83. The van der Waals surface area contributed by atoms with Gasteiger partial charge in [0.15, 0.2) is 4.32 Å². The Balaban J connectivity index is 4.62. The minimum atomic E-state index is -2.97. The van der Waals surface area contributed by atoms with Crippen LogP contribution in [0.2, 0.25) is 0 Å². The van der Waals surface area contributed by atoms with E-state index in [0.717, 1.165) is 24.3 Å². The molecule has 0 bridgehead atoms. The summed E-state index contributed by atoms with van der Waals surface area (Å²) >= 11 is 3.32. The van der Waals surface area contributed by atoms with Gasteiger partial charge in [-0.1, -0.05) is 27.7 Å². The molecule has 0 heterocycles. The molecular weight excluding hydrogens is 275 g/mol. The highest BCUT2D eigenvalue weighted by Gasteiger charge is 2.35. The summed E-state index contributed by atoms with van der Waals surface area (Å²) < 4.78 is 23.7. The predicted octanol–water partition coefficient (Wildman–Crippen LogP) is 4.82. The van der Waals surface area contributed by atoms with E-state index in [2.05, 4.69) is 13.8 Å². The Morgan fingerprint density at radius 1 is 0.941 bits per heavy atom. The highest BCUT2D eigenvalue weighted by molar-refractivity contribution is 8.23. The van der Waals surface area contributed by atoms with Crippen LogP contribution in [0.4, 0.5) is 0 Å². The van der Waals surface area contributed by atoms with Crippen LogP contribution in [-0.4, -0.2) is 29.0 Å². The molecule has 0 saturated heterocycles. The van der Waals surface area contributed by atoms with E-state index in [4.69, 9.17) is 9.05 Å². The zero-order chi connectivity index (χ0) is 13.1. The van der Waals surface area contributed by atoms with Crippen molar-refractivity contribution in [2.75, 3.05) is 24.7 Å². The largest absolute Gasteiger partial charge is 0.353 e. The fourth-order valence-corrected chi connectivity index (χ4v) is 7.16. The lowest BCUT2D eigenvalue weighted by Crippen LogP contribution is -2.09. The van der Waals surface area contributed by atoms with Crippen LogP contribution in [0.1, 0.15) is 40.5 Å². The molecule has 0 fully saturated rings. The van der Waals surface area contributed by atoms with Crippen LogP contribution in [0, 0.1) is 0 Å². The van der Waals surface area contributed by atoms with Crippen LogP contribution in [0.5, 0.6) is 0 Å². The number of hydrogen-bond acceptors (Lipinski definition) is 5. The average molecular weight is 300 g/mol. The van der Waals surface area contributed by atoms with Crippen molar-refractivity contribution in [3.05, 3.63) is 0 Å². The fraction of sp³-hybridized carbons (Fsp3) is 1.00. The molecule has 0 unspecified atom stereocenters. The van der Waals surface area contributed by atoms with Gasteiger partial charge in [-0.3, -0.25) is 4.57 Å². The predicted molar refractivity (Wildman–Crippen MR) is 80.1 cm³/mol. The molecule has 0 aromatic carbocycles. The topological polar surface area (TPSA) is 35.5 Å². The maximum Gasteiger partial charge on any atom is 0.353 e. The van der Waals surface area contributed by atoms with Crippen molar-refractivity contribution in [1.82, 2.24) is 0 Å². The molecule has 0 amide bonds. The quantitative estimate of drug-likeness (QED) is 0.404. The lowest BCUT2D eigenvalue weighted by molar-refractivity contribution is 0.207. The highest BCUT2D eigenvalue weighted by Crippen LogP contribution is 2.61. The summed E-state index contributed by atoms with van der Waals surface area (Å²) in [5.41, 5.74) is 0. The smallest absolute Gasteiger partial charge is 0.307 e. The molecule has 0 aliphatic rings. The second-order valence-corrected chi connectivity index (χ2v) is 9.30. The molecule has 17 heavy (non-hydrogen) atoms. The van der Waals surface area contributed by atoms with Gasteiger partial charge in [0.2, 0.25) is 0 Å². The molecule has 0 aliphatic heterocycles. The van der Waals surface area contributed by atoms with E-state index in [-0.39, 0.29) is 4.32 Å². The van der Waals surface area contributed by atoms with Crippen molar-refractivity contribution in [1.29, 1.82) is 0 Å². The lowest BCUT2D eigenvalue weighted by Gasteiger charge is -2.25. The molecule has 104 valence electrons. The maximum atomic E-state index is 12.7. The summed E-state index contributed by atoms with van der Waals surface area (Å²) in [6, 6.07) is 0. The molecule has 0 atom stereocenters. The third kappa shape index (κ3) is 7.12. The van der Waals surface area contributed by atoms with Gasteiger partial charge in [-0.05, 0) is 24.3 Å². The summed E-state index contributed by atoms with van der Waals surface area (Å²) in [6.07, 6.45) is 1.72. The SMILES string of the molecule is CCCOP(=O)(OCCC)C(SCC)SCC. The van der Waals surface area contributed by atoms with Crippen molar-refractivity contribution >= 4 is 31.1 Å². The molecule has 3 nitrogen and oxygen atoms in total. The zero-order valence-corrected chi connectivity index (χ0v) is 13.8. The van der Waals surface area contributed by atoms with Crippen LogP contribution in [0.15, 0.2) is 0 Å². The summed E-state index contributed by atoms with van der Waals surface area (Å²) in [5.74, 6) is 1.85. The van der Waals surface area contributed by atoms with E-state index in [9.17, 15) is 4.57 Å². The number of hydrogen-bond donors (Lipinski definition) is 0. The minimum Gasteiger partial charge on any atom is -0.307 e. The fourth-order valence-electron chi connectivity index (χ4n) is 1.11. The molecule has 6 heteroatoms. The van der Waals surface area contributed by atoms with E-state index >= 15 is 0 Å². The van der Waals surface area contributed by atoms with Gasteiger partial charge >= 0.3 is 7.60 Å². The van der Waals surface area contributed by atoms with Crippen LogP contribution in [-0.2, 0) is 13.6 Å². The molecule has 0 aromatic heterocycles. The van der Waals surface area contributed by atoms with Crippen LogP contribution in [0.3, 0.4) is 0 Å². The zero-order valence-electron chi connectivity index (χ0n) is 11.3. The first-order valence-corrected chi connectivity index (χ1v) is 9.97. The first-order valence-electron chi connectivity index (χ1n) is 6.26. The van der Waals surface area contributed by atoms with Crippen molar-refractivity contribution in [3.63, 3.8) is 0 Å². The standard InChI is InChI=1S/C11H25O3PS2/c1-5-9-13-15(12,14-10-6-2)11(16-7-3)17-8-4/h11H,5-10H2,1-4H3. The van der Waals surface area contributed by atoms with E-state index < -0.39 is 7.60 Å². The number of rotatable bonds is 11. The van der Waals surface area contributed by atoms with Crippen molar-refractivity contribution in [2.45, 2.75) is 44.9 Å². The molecule has 0 saturated carbocycles. The average Bonchev–Trinajstić information content (AvgIpc) is 2.33. The molecule has 0 aliphatic carbocycles. The summed E-state index contributed by atoms with van der Waals surface area (Å²) in [6.45, 7) is 9.17. The normalized spacial score (nSPS) is 12.3. The van der Waals surface area contributed by atoms with Crippen molar-refractivity contribution < 1.29 is 13.6 Å². The van der Waals surface area contributed by atoms with Gasteiger partial charge in [0, 0.05) is 0 Å².